The van der Waals surface area contributed by atoms with Crippen LogP contribution in [0, 0.1) is 0 Å². The van der Waals surface area contributed by atoms with Crippen LogP contribution in [0.4, 0.5) is 0 Å². The number of halogens is 3. The molecule has 2 N–H and O–H groups in total. The van der Waals surface area contributed by atoms with E-state index in [9.17, 15) is 14.4 Å². The maximum atomic E-state index is 13.1. The van der Waals surface area contributed by atoms with Crippen molar-refractivity contribution in [2.75, 3.05) is 26.2 Å². The van der Waals surface area contributed by atoms with E-state index in [0.717, 1.165) is 0 Å². The summed E-state index contributed by atoms with van der Waals surface area (Å²) in [5.74, 6) is -0.781. The maximum absolute atomic E-state index is 13.1. The van der Waals surface area contributed by atoms with Crippen molar-refractivity contribution >= 4 is 52.5 Å². The lowest BCUT2D eigenvalue weighted by Gasteiger charge is -2.23. The third-order valence-electron chi connectivity index (χ3n) is 4.93. The zero-order chi connectivity index (χ0) is 24.5. The Hall–Kier alpha value is -3.06. The Balaban J connectivity index is 1.60. The molecule has 9 heteroatoms. The average Bonchev–Trinajstić information content (AvgIpc) is 2.83. The highest BCUT2D eigenvalue weighted by molar-refractivity contribution is 6.31. The molecule has 0 atom stereocenters. The van der Waals surface area contributed by atoms with Gasteiger partial charge in [0.15, 0.2) is 0 Å². The molecule has 0 heterocycles. The van der Waals surface area contributed by atoms with Crippen LogP contribution in [0.1, 0.15) is 31.1 Å². The molecule has 0 aromatic heterocycles. The Morgan fingerprint density at radius 1 is 0.559 bits per heavy atom. The Morgan fingerprint density at radius 2 is 0.882 bits per heavy atom. The van der Waals surface area contributed by atoms with Gasteiger partial charge in [-0.15, -0.1) is 0 Å². The van der Waals surface area contributed by atoms with E-state index in [-0.39, 0.29) is 43.9 Å². The normalized spacial score (nSPS) is 10.4. The molecule has 0 aliphatic carbocycles. The lowest BCUT2D eigenvalue weighted by atomic mass is 10.2. The summed E-state index contributed by atoms with van der Waals surface area (Å²) < 4.78 is 0. The highest BCUT2D eigenvalue weighted by atomic mass is 35.5. The Kier molecular flexibility index (Phi) is 9.33. The van der Waals surface area contributed by atoms with Crippen LogP contribution in [0.5, 0.6) is 0 Å². The molecule has 0 spiro atoms. The summed E-state index contributed by atoms with van der Waals surface area (Å²) >= 11 is 17.7. The highest BCUT2D eigenvalue weighted by Crippen LogP contribution is 2.13. The Labute approximate surface area is 212 Å². The predicted octanol–water partition coefficient (Wildman–Crippen LogP) is 4.95. The molecule has 0 unspecified atom stereocenters. The highest BCUT2D eigenvalue weighted by Gasteiger charge is 2.17. The van der Waals surface area contributed by atoms with E-state index in [4.69, 9.17) is 34.8 Å². The van der Waals surface area contributed by atoms with Gasteiger partial charge >= 0.3 is 0 Å². The molecule has 0 bridgehead atoms. The molecular weight excluding hydrogens is 497 g/mol. The molecule has 0 saturated heterocycles. The van der Waals surface area contributed by atoms with Crippen LogP contribution in [-0.4, -0.2) is 48.8 Å². The number of hydrogen-bond acceptors (Lipinski definition) is 3. The van der Waals surface area contributed by atoms with Gasteiger partial charge in [-0.25, -0.2) is 0 Å². The van der Waals surface area contributed by atoms with Crippen LogP contribution in [-0.2, 0) is 0 Å². The molecule has 0 radical (unpaired) electrons. The van der Waals surface area contributed by atoms with Gasteiger partial charge in [-0.05, 0) is 72.8 Å². The van der Waals surface area contributed by atoms with Gasteiger partial charge in [0.25, 0.3) is 17.7 Å². The summed E-state index contributed by atoms with van der Waals surface area (Å²) in [7, 11) is 0. The zero-order valence-corrected chi connectivity index (χ0v) is 20.3. The molecule has 0 saturated carbocycles. The van der Waals surface area contributed by atoms with Gasteiger partial charge in [0.1, 0.15) is 0 Å². The first-order chi connectivity index (χ1) is 16.3. The van der Waals surface area contributed by atoms with Crippen molar-refractivity contribution in [3.63, 3.8) is 0 Å². The van der Waals surface area contributed by atoms with Crippen LogP contribution < -0.4 is 10.6 Å². The van der Waals surface area contributed by atoms with E-state index in [2.05, 4.69) is 10.6 Å². The average molecular weight is 519 g/mol. The quantitative estimate of drug-likeness (QED) is 0.421. The van der Waals surface area contributed by atoms with Gasteiger partial charge in [-0.3, -0.25) is 14.4 Å². The first-order valence-electron chi connectivity index (χ1n) is 10.5. The second kappa shape index (κ2) is 12.4. The Bertz CT molecular complexity index is 1070. The smallest absolute Gasteiger partial charge is 0.253 e. The molecule has 0 fully saturated rings. The van der Waals surface area contributed by atoms with Crippen LogP contribution in [0.3, 0.4) is 0 Å². The van der Waals surface area contributed by atoms with Crippen molar-refractivity contribution in [2.45, 2.75) is 0 Å². The largest absolute Gasteiger partial charge is 0.350 e. The number of nitrogens with zero attached hydrogens (tertiary/aromatic N) is 1. The molecule has 0 aliphatic heterocycles. The number of benzene rings is 3. The minimum atomic E-state index is -0.272. The predicted molar refractivity (Wildman–Crippen MR) is 135 cm³/mol. The summed E-state index contributed by atoms with van der Waals surface area (Å²) in [6, 6.07) is 19.6. The van der Waals surface area contributed by atoms with E-state index < -0.39 is 0 Å². The standard InChI is InChI=1S/C25H22Cl3N3O3/c26-20-7-1-17(2-8-20)23(32)29-13-15-31(25(34)19-5-11-22(28)12-6-19)16-14-30-24(33)18-3-9-21(27)10-4-18/h1-12H,13-16H2,(H,29,32)(H,30,33). The monoisotopic (exact) mass is 517 g/mol. The summed E-state index contributed by atoms with van der Waals surface area (Å²) in [4.78, 5) is 39.3. The lowest BCUT2D eigenvalue weighted by Crippen LogP contribution is -2.42. The van der Waals surface area contributed by atoms with E-state index in [1.807, 2.05) is 0 Å². The summed E-state index contributed by atoms with van der Waals surface area (Å²) in [5.41, 5.74) is 1.39. The number of carbonyl (C=O) groups excluding carboxylic acids is 3. The van der Waals surface area contributed by atoms with Crippen LogP contribution in [0.15, 0.2) is 72.8 Å². The fourth-order valence-corrected chi connectivity index (χ4v) is 3.48. The van der Waals surface area contributed by atoms with Gasteiger partial charge in [0.05, 0.1) is 0 Å². The second-order valence-corrected chi connectivity index (χ2v) is 8.63. The molecule has 176 valence electrons. The van der Waals surface area contributed by atoms with Gasteiger partial charge < -0.3 is 15.5 Å². The van der Waals surface area contributed by atoms with Gasteiger partial charge in [0, 0.05) is 57.9 Å². The molecule has 34 heavy (non-hydrogen) atoms. The lowest BCUT2D eigenvalue weighted by molar-refractivity contribution is 0.0743. The first-order valence-corrected chi connectivity index (χ1v) is 11.6. The fraction of sp³-hybridized carbons (Fsp3) is 0.160. The van der Waals surface area contributed by atoms with E-state index in [1.54, 1.807) is 77.7 Å². The number of amides is 3. The molecule has 3 aromatic rings. The van der Waals surface area contributed by atoms with E-state index >= 15 is 0 Å². The topological polar surface area (TPSA) is 78.5 Å². The van der Waals surface area contributed by atoms with Crippen molar-refractivity contribution in [1.82, 2.24) is 15.5 Å². The molecule has 0 aliphatic rings. The molecular formula is C25H22Cl3N3O3. The van der Waals surface area contributed by atoms with Gasteiger partial charge in [-0.1, -0.05) is 34.8 Å². The number of rotatable bonds is 9. The number of nitrogens with one attached hydrogen (secondary N) is 2. The molecule has 3 rings (SSSR count). The summed E-state index contributed by atoms with van der Waals surface area (Å²) in [6.45, 7) is 0.951. The minimum absolute atomic E-state index is 0.228. The van der Waals surface area contributed by atoms with Crippen molar-refractivity contribution in [3.8, 4) is 0 Å². The SMILES string of the molecule is O=C(NCCN(CCNC(=O)c1ccc(Cl)cc1)C(=O)c1ccc(Cl)cc1)c1ccc(Cl)cc1. The summed E-state index contributed by atoms with van der Waals surface area (Å²) in [6.07, 6.45) is 0. The third-order valence-corrected chi connectivity index (χ3v) is 5.68. The van der Waals surface area contributed by atoms with Crippen LogP contribution in [0.25, 0.3) is 0 Å². The van der Waals surface area contributed by atoms with Gasteiger partial charge in [0.2, 0.25) is 0 Å². The van der Waals surface area contributed by atoms with E-state index in [1.165, 1.54) is 0 Å². The first kappa shape index (κ1) is 25.6. The Morgan fingerprint density at radius 3 is 1.24 bits per heavy atom. The number of hydrogen-bond donors (Lipinski definition) is 2. The maximum Gasteiger partial charge on any atom is 0.253 e. The zero-order valence-electron chi connectivity index (χ0n) is 18.1. The second-order valence-electron chi connectivity index (χ2n) is 7.32. The van der Waals surface area contributed by atoms with Crippen LogP contribution in [0.2, 0.25) is 15.1 Å². The fourth-order valence-electron chi connectivity index (χ4n) is 3.11. The van der Waals surface area contributed by atoms with Crippen LogP contribution >= 0.6 is 34.8 Å². The van der Waals surface area contributed by atoms with Crippen molar-refractivity contribution < 1.29 is 14.4 Å². The van der Waals surface area contributed by atoms with Crippen molar-refractivity contribution in [3.05, 3.63) is 105 Å². The molecule has 3 aromatic carbocycles. The third kappa shape index (κ3) is 7.48. The van der Waals surface area contributed by atoms with Crippen molar-refractivity contribution in [1.29, 1.82) is 0 Å². The summed E-state index contributed by atoms with van der Waals surface area (Å²) in [5, 5.41) is 7.20. The van der Waals surface area contributed by atoms with E-state index in [0.29, 0.717) is 31.8 Å². The molecule has 3 amide bonds. The van der Waals surface area contributed by atoms with Gasteiger partial charge in [-0.2, -0.15) is 0 Å². The van der Waals surface area contributed by atoms with Crippen molar-refractivity contribution in [2.24, 2.45) is 0 Å². The molecule has 6 nitrogen and oxygen atoms in total. The number of carbonyl (C=O) groups is 3. The minimum Gasteiger partial charge on any atom is -0.350 e.